The number of pyridine rings is 1. The number of rotatable bonds is 3. The second kappa shape index (κ2) is 5.82. The van der Waals surface area contributed by atoms with Gasteiger partial charge in [0.25, 0.3) is 0 Å². The molecule has 4 heteroatoms. The SMILES string of the molecule is Cc1cc(CBr)cnc1Oc1cccc(I)c1. The van der Waals surface area contributed by atoms with E-state index in [9.17, 15) is 0 Å². The molecule has 2 rings (SSSR count). The molecule has 1 aromatic heterocycles. The maximum atomic E-state index is 5.76. The Kier molecular flexibility index (Phi) is 4.39. The fourth-order valence-corrected chi connectivity index (χ4v) is 2.26. The summed E-state index contributed by atoms with van der Waals surface area (Å²) in [6, 6.07) is 9.99. The van der Waals surface area contributed by atoms with Gasteiger partial charge in [-0.3, -0.25) is 0 Å². The minimum absolute atomic E-state index is 0.664. The standard InChI is InChI=1S/C13H11BrINO/c1-9-5-10(7-14)8-16-13(9)17-12-4-2-3-11(15)6-12/h2-6,8H,7H2,1H3. The van der Waals surface area contributed by atoms with Crippen LogP contribution in [-0.2, 0) is 5.33 Å². The van der Waals surface area contributed by atoms with E-state index in [0.29, 0.717) is 5.88 Å². The molecule has 0 N–H and O–H groups in total. The second-order valence-electron chi connectivity index (χ2n) is 3.66. The summed E-state index contributed by atoms with van der Waals surface area (Å²) in [5, 5.41) is 0.810. The molecule has 2 aromatic rings. The Labute approximate surface area is 123 Å². The van der Waals surface area contributed by atoms with Crippen molar-refractivity contribution in [1.82, 2.24) is 4.98 Å². The van der Waals surface area contributed by atoms with E-state index < -0.39 is 0 Å². The highest BCUT2D eigenvalue weighted by Gasteiger charge is 2.04. The molecule has 1 aromatic carbocycles. The van der Waals surface area contributed by atoms with Crippen LogP contribution < -0.4 is 4.74 Å². The van der Waals surface area contributed by atoms with Crippen molar-refractivity contribution in [3.8, 4) is 11.6 Å². The zero-order chi connectivity index (χ0) is 12.3. The van der Waals surface area contributed by atoms with Gasteiger partial charge in [-0.25, -0.2) is 4.98 Å². The predicted molar refractivity (Wildman–Crippen MR) is 80.8 cm³/mol. The first kappa shape index (κ1) is 12.8. The first-order valence-corrected chi connectivity index (χ1v) is 7.34. The van der Waals surface area contributed by atoms with Crippen molar-refractivity contribution >= 4 is 38.5 Å². The van der Waals surface area contributed by atoms with Crippen LogP contribution in [0.2, 0.25) is 0 Å². The van der Waals surface area contributed by atoms with E-state index in [2.05, 4.69) is 49.6 Å². The van der Waals surface area contributed by atoms with Crippen molar-refractivity contribution in [3.05, 3.63) is 51.2 Å². The molecule has 0 bridgehead atoms. The zero-order valence-corrected chi connectivity index (χ0v) is 13.0. The van der Waals surface area contributed by atoms with Gasteiger partial charge in [-0.05, 0) is 59.3 Å². The Balaban J connectivity index is 2.24. The number of ether oxygens (including phenoxy) is 1. The van der Waals surface area contributed by atoms with Crippen LogP contribution in [0.5, 0.6) is 11.6 Å². The Morgan fingerprint density at radius 2 is 2.18 bits per heavy atom. The molecule has 0 radical (unpaired) electrons. The van der Waals surface area contributed by atoms with Gasteiger partial charge in [0.15, 0.2) is 0 Å². The average molecular weight is 404 g/mol. The first-order valence-electron chi connectivity index (χ1n) is 5.14. The van der Waals surface area contributed by atoms with E-state index in [1.54, 1.807) is 0 Å². The lowest BCUT2D eigenvalue weighted by Crippen LogP contribution is -1.93. The molecule has 2 nitrogen and oxygen atoms in total. The van der Waals surface area contributed by atoms with Crippen molar-refractivity contribution in [1.29, 1.82) is 0 Å². The molecule has 1 heterocycles. The lowest BCUT2D eigenvalue weighted by atomic mass is 10.2. The Bertz CT molecular complexity index is 531. The van der Waals surface area contributed by atoms with E-state index in [4.69, 9.17) is 4.74 Å². The van der Waals surface area contributed by atoms with Crippen molar-refractivity contribution in [2.45, 2.75) is 12.3 Å². The van der Waals surface area contributed by atoms with Crippen LogP contribution in [0, 0.1) is 10.5 Å². The minimum Gasteiger partial charge on any atom is -0.439 e. The summed E-state index contributed by atoms with van der Waals surface area (Å²) in [6.45, 7) is 2.00. The van der Waals surface area contributed by atoms with Crippen molar-refractivity contribution in [3.63, 3.8) is 0 Å². The third-order valence-electron chi connectivity index (χ3n) is 2.25. The largest absolute Gasteiger partial charge is 0.439 e. The highest BCUT2D eigenvalue weighted by atomic mass is 127. The van der Waals surface area contributed by atoms with Gasteiger partial charge in [0, 0.05) is 20.7 Å². The summed E-state index contributed by atoms with van der Waals surface area (Å²) in [5.74, 6) is 1.48. The van der Waals surface area contributed by atoms with Crippen LogP contribution in [0.25, 0.3) is 0 Å². The lowest BCUT2D eigenvalue weighted by Gasteiger charge is -2.08. The van der Waals surface area contributed by atoms with Crippen LogP contribution in [-0.4, -0.2) is 4.98 Å². The van der Waals surface area contributed by atoms with Crippen LogP contribution in [0.1, 0.15) is 11.1 Å². The lowest BCUT2D eigenvalue weighted by molar-refractivity contribution is 0.458. The van der Waals surface area contributed by atoms with Gasteiger partial charge in [-0.1, -0.05) is 22.0 Å². The third-order valence-corrected chi connectivity index (χ3v) is 3.57. The third kappa shape index (κ3) is 3.42. The van der Waals surface area contributed by atoms with E-state index >= 15 is 0 Å². The summed E-state index contributed by atoms with van der Waals surface area (Å²) < 4.78 is 6.91. The summed E-state index contributed by atoms with van der Waals surface area (Å²) in [5.41, 5.74) is 2.19. The second-order valence-corrected chi connectivity index (χ2v) is 5.47. The van der Waals surface area contributed by atoms with Crippen LogP contribution in [0.3, 0.4) is 0 Å². The van der Waals surface area contributed by atoms with Crippen molar-refractivity contribution in [2.75, 3.05) is 0 Å². The Morgan fingerprint density at radius 3 is 2.82 bits per heavy atom. The number of hydrogen-bond acceptors (Lipinski definition) is 2. The van der Waals surface area contributed by atoms with Crippen LogP contribution >= 0.6 is 38.5 Å². The molecule has 0 aliphatic carbocycles. The van der Waals surface area contributed by atoms with E-state index in [1.807, 2.05) is 37.4 Å². The summed E-state index contributed by atoms with van der Waals surface area (Å²) in [4.78, 5) is 4.32. The topological polar surface area (TPSA) is 22.1 Å². The molecular weight excluding hydrogens is 393 g/mol. The monoisotopic (exact) mass is 403 g/mol. The van der Waals surface area contributed by atoms with E-state index in [0.717, 1.165) is 25.8 Å². The van der Waals surface area contributed by atoms with Gasteiger partial charge in [-0.15, -0.1) is 0 Å². The maximum absolute atomic E-state index is 5.76. The molecule has 17 heavy (non-hydrogen) atoms. The van der Waals surface area contributed by atoms with Crippen molar-refractivity contribution in [2.24, 2.45) is 0 Å². The summed E-state index contributed by atoms with van der Waals surface area (Å²) in [6.07, 6.45) is 1.82. The summed E-state index contributed by atoms with van der Waals surface area (Å²) in [7, 11) is 0. The van der Waals surface area contributed by atoms with E-state index in [-0.39, 0.29) is 0 Å². The molecule has 0 amide bonds. The molecule has 0 unspecified atom stereocenters. The number of alkyl halides is 1. The molecule has 0 fully saturated rings. The van der Waals surface area contributed by atoms with Gasteiger partial charge in [-0.2, -0.15) is 0 Å². The molecule has 88 valence electrons. The minimum atomic E-state index is 0.664. The van der Waals surface area contributed by atoms with Crippen LogP contribution in [0.4, 0.5) is 0 Å². The van der Waals surface area contributed by atoms with Gasteiger partial charge < -0.3 is 4.74 Å². The highest BCUT2D eigenvalue weighted by molar-refractivity contribution is 14.1. The average Bonchev–Trinajstić information content (AvgIpc) is 2.32. The Hall–Kier alpha value is -0.620. The van der Waals surface area contributed by atoms with Gasteiger partial charge in [0.05, 0.1) is 0 Å². The fraction of sp³-hybridized carbons (Fsp3) is 0.154. The number of hydrogen-bond donors (Lipinski definition) is 0. The number of nitrogens with zero attached hydrogens (tertiary/aromatic N) is 1. The molecule has 0 aliphatic rings. The normalized spacial score (nSPS) is 10.3. The van der Waals surface area contributed by atoms with E-state index in [1.165, 1.54) is 0 Å². The Morgan fingerprint density at radius 1 is 1.35 bits per heavy atom. The van der Waals surface area contributed by atoms with Gasteiger partial charge in [0.1, 0.15) is 5.75 Å². The van der Waals surface area contributed by atoms with Gasteiger partial charge in [0.2, 0.25) is 5.88 Å². The molecule has 0 saturated heterocycles. The molecule has 0 atom stereocenters. The quantitative estimate of drug-likeness (QED) is 0.548. The number of halogens is 2. The zero-order valence-electron chi connectivity index (χ0n) is 9.28. The van der Waals surface area contributed by atoms with Crippen molar-refractivity contribution < 1.29 is 4.74 Å². The molecule has 0 spiro atoms. The van der Waals surface area contributed by atoms with Crippen LogP contribution in [0.15, 0.2) is 36.5 Å². The molecule has 0 aliphatic heterocycles. The fourth-order valence-electron chi connectivity index (χ4n) is 1.44. The smallest absolute Gasteiger partial charge is 0.222 e. The molecular formula is C13H11BrINO. The maximum Gasteiger partial charge on any atom is 0.222 e. The molecule has 0 saturated carbocycles. The predicted octanol–water partition coefficient (Wildman–Crippen LogP) is 4.68. The number of benzene rings is 1. The summed E-state index contributed by atoms with van der Waals surface area (Å²) >= 11 is 5.67. The van der Waals surface area contributed by atoms with Gasteiger partial charge >= 0.3 is 0 Å². The number of aromatic nitrogens is 1. The number of aryl methyl sites for hydroxylation is 1. The highest BCUT2D eigenvalue weighted by Crippen LogP contribution is 2.24. The first-order chi connectivity index (χ1) is 8.19.